The van der Waals surface area contributed by atoms with Crippen molar-refractivity contribution in [3.05, 3.63) is 93.8 Å². The number of anilines is 1. The number of halogens is 5. The van der Waals surface area contributed by atoms with Crippen LogP contribution in [0.2, 0.25) is 5.02 Å². The minimum atomic E-state index is -4.74. The first-order chi connectivity index (χ1) is 18.2. The van der Waals surface area contributed by atoms with Gasteiger partial charge in [-0.1, -0.05) is 41.9 Å². The molecule has 4 rings (SSSR count). The molecule has 2 atom stereocenters. The lowest BCUT2D eigenvalue weighted by Crippen LogP contribution is -2.56. The molecule has 0 bridgehead atoms. The monoisotopic (exact) mass is 580 g/mol. The van der Waals surface area contributed by atoms with Crippen LogP contribution in [0.1, 0.15) is 43.0 Å². The molecule has 0 saturated carbocycles. The van der Waals surface area contributed by atoms with E-state index < -0.39 is 44.6 Å². The third kappa shape index (κ3) is 5.81. The van der Waals surface area contributed by atoms with Gasteiger partial charge in [-0.05, 0) is 73.4 Å². The Hall–Kier alpha value is -3.37. The molecule has 0 saturated heterocycles. The van der Waals surface area contributed by atoms with Crippen molar-refractivity contribution >= 4 is 44.9 Å². The molecule has 0 spiro atoms. The molecule has 0 aliphatic carbocycles. The first-order valence-electron chi connectivity index (χ1n) is 11.9. The molecule has 3 aromatic carbocycles. The number of nitrogens with one attached hydrogen (secondary N) is 1. The molecular weight excluding hydrogens is 556 g/mol. The maximum absolute atomic E-state index is 14.5. The number of fused-ring (bicyclic) bond motifs is 1. The van der Waals surface area contributed by atoms with Crippen molar-refractivity contribution in [2.24, 2.45) is 0 Å². The van der Waals surface area contributed by atoms with Gasteiger partial charge in [0.25, 0.3) is 10.0 Å². The van der Waals surface area contributed by atoms with Crippen LogP contribution in [0, 0.1) is 5.82 Å². The summed E-state index contributed by atoms with van der Waals surface area (Å²) >= 11 is 6.20. The predicted octanol–water partition coefficient (Wildman–Crippen LogP) is 6.70. The summed E-state index contributed by atoms with van der Waals surface area (Å²) in [5, 5.41) is 2.96. The lowest BCUT2D eigenvalue weighted by Gasteiger charge is -2.41. The van der Waals surface area contributed by atoms with Crippen molar-refractivity contribution in [2.75, 3.05) is 4.31 Å². The van der Waals surface area contributed by atoms with Crippen molar-refractivity contribution in [3.8, 4) is 0 Å². The summed E-state index contributed by atoms with van der Waals surface area (Å²) in [6, 6.07) is 11.4. The molecule has 0 fully saturated rings. The highest BCUT2D eigenvalue weighted by Crippen LogP contribution is 2.39. The summed E-state index contributed by atoms with van der Waals surface area (Å²) in [4.78, 5) is 11.3. The van der Waals surface area contributed by atoms with Crippen molar-refractivity contribution in [1.29, 1.82) is 0 Å². The molecule has 1 aliphatic heterocycles. The first-order valence-corrected chi connectivity index (χ1v) is 13.8. The number of carbonyl (C=O) groups excluding carboxylic acids is 1. The Morgan fingerprint density at radius 3 is 2.41 bits per heavy atom. The zero-order valence-electron chi connectivity index (χ0n) is 21.2. The van der Waals surface area contributed by atoms with Crippen LogP contribution in [0.15, 0.2) is 65.6 Å². The Balaban J connectivity index is 1.86. The highest BCUT2D eigenvalue weighted by molar-refractivity contribution is 7.92. The quantitative estimate of drug-likeness (QED) is 0.270. The average Bonchev–Trinajstić information content (AvgIpc) is 2.83. The fraction of sp³-hybridized carbons (Fsp3) is 0.250. The number of alkyl halides is 3. The van der Waals surface area contributed by atoms with E-state index in [2.05, 4.69) is 5.32 Å². The van der Waals surface area contributed by atoms with Gasteiger partial charge in [-0.2, -0.15) is 13.2 Å². The molecule has 0 radical (unpaired) electrons. The van der Waals surface area contributed by atoms with Crippen molar-refractivity contribution < 1.29 is 30.8 Å². The smallest absolute Gasteiger partial charge is 0.351 e. The fourth-order valence-electron chi connectivity index (χ4n) is 4.76. The van der Waals surface area contributed by atoms with E-state index in [1.54, 1.807) is 44.2 Å². The first kappa shape index (κ1) is 28.6. The van der Waals surface area contributed by atoms with Crippen LogP contribution in [-0.2, 0) is 27.4 Å². The number of carbonyl (C=O) groups is 1. The van der Waals surface area contributed by atoms with Crippen LogP contribution in [0.4, 0.5) is 23.2 Å². The zero-order valence-corrected chi connectivity index (χ0v) is 22.8. The molecule has 2 unspecified atom stereocenters. The number of rotatable bonds is 5. The summed E-state index contributed by atoms with van der Waals surface area (Å²) in [7, 11) is -4.51. The van der Waals surface area contributed by atoms with Crippen LogP contribution in [0.3, 0.4) is 0 Å². The molecule has 0 aromatic heterocycles. The third-order valence-corrected chi connectivity index (χ3v) is 8.80. The Labute approximate surface area is 229 Å². The highest BCUT2D eigenvalue weighted by Gasteiger charge is 2.40. The summed E-state index contributed by atoms with van der Waals surface area (Å²) in [5.74, 6) is -0.890. The van der Waals surface area contributed by atoms with Gasteiger partial charge in [-0.25, -0.2) is 12.8 Å². The van der Waals surface area contributed by atoms with Crippen molar-refractivity contribution in [1.82, 2.24) is 5.32 Å². The molecule has 1 heterocycles. The number of hydrogen-bond donors (Lipinski definition) is 1. The van der Waals surface area contributed by atoms with Crippen LogP contribution in [-0.4, -0.2) is 26.4 Å². The van der Waals surface area contributed by atoms with Gasteiger partial charge in [0, 0.05) is 12.5 Å². The lowest BCUT2D eigenvalue weighted by molar-refractivity contribution is -0.137. The Morgan fingerprint density at radius 1 is 1.08 bits per heavy atom. The molecule has 1 amide bonds. The number of allylic oxidation sites excluding steroid dienone is 1. The maximum atomic E-state index is 14.5. The highest BCUT2D eigenvalue weighted by atomic mass is 35.5. The number of benzene rings is 3. The van der Waals surface area contributed by atoms with Gasteiger partial charge in [0.1, 0.15) is 5.82 Å². The van der Waals surface area contributed by atoms with E-state index in [0.717, 1.165) is 22.5 Å². The minimum absolute atomic E-state index is 0.199. The van der Waals surface area contributed by atoms with E-state index in [1.807, 2.05) is 0 Å². The van der Waals surface area contributed by atoms with Gasteiger partial charge in [0.2, 0.25) is 5.91 Å². The van der Waals surface area contributed by atoms with Crippen LogP contribution in [0.25, 0.3) is 11.6 Å². The second-order valence-electron chi connectivity index (χ2n) is 9.39. The van der Waals surface area contributed by atoms with Crippen molar-refractivity contribution in [3.63, 3.8) is 0 Å². The molecule has 39 heavy (non-hydrogen) atoms. The van der Waals surface area contributed by atoms with E-state index in [9.17, 15) is 30.8 Å². The Bertz CT molecular complexity index is 1550. The second-order valence-corrected chi connectivity index (χ2v) is 11.6. The molecule has 11 heteroatoms. The molecule has 3 aromatic rings. The topological polar surface area (TPSA) is 66.5 Å². The number of hydrogen-bond acceptors (Lipinski definition) is 3. The molecule has 5 nitrogen and oxygen atoms in total. The molecule has 206 valence electrons. The van der Waals surface area contributed by atoms with Gasteiger partial charge in [0.15, 0.2) is 0 Å². The standard InChI is InChI=1S/C28H25ClF4N2O3S/c1-16(27-23(29)8-5-9-24(27)30)12-19-10-11-20-14-25(34-18(3)36)17(2)35(26(20)13-19)39(37,38)22-7-4-6-21(15-22)28(31,32)33/h4-13,15,17,25H,14H2,1-3H3,(H,34,36). The summed E-state index contributed by atoms with van der Waals surface area (Å²) in [5.41, 5.74) is 0.944. The van der Waals surface area contributed by atoms with Crippen LogP contribution in [0.5, 0.6) is 0 Å². The summed E-state index contributed by atoms with van der Waals surface area (Å²) in [6.07, 6.45) is -2.80. The van der Waals surface area contributed by atoms with Gasteiger partial charge in [-0.3, -0.25) is 9.10 Å². The van der Waals surface area contributed by atoms with E-state index in [1.165, 1.54) is 19.1 Å². The van der Waals surface area contributed by atoms with Crippen LogP contribution >= 0.6 is 11.6 Å². The normalized spacial score (nSPS) is 18.1. The second kappa shape index (κ2) is 10.7. The average molecular weight is 581 g/mol. The maximum Gasteiger partial charge on any atom is 0.416 e. The van der Waals surface area contributed by atoms with Gasteiger partial charge >= 0.3 is 6.18 Å². The third-order valence-electron chi connectivity index (χ3n) is 6.59. The number of sulfonamides is 1. The van der Waals surface area contributed by atoms with Gasteiger partial charge in [0.05, 0.1) is 33.3 Å². The predicted molar refractivity (Wildman–Crippen MR) is 143 cm³/mol. The number of amides is 1. The SMILES string of the molecule is CC(=O)NC1Cc2ccc(C=C(C)c3c(F)cccc3Cl)cc2N(S(=O)(=O)c2cccc(C(F)(F)F)c2)C1C. The van der Waals surface area contributed by atoms with E-state index in [-0.39, 0.29) is 22.2 Å². The number of nitrogens with zero attached hydrogens (tertiary/aromatic N) is 1. The summed E-state index contributed by atoms with van der Waals surface area (Å²) in [6.45, 7) is 4.55. The fourth-order valence-corrected chi connectivity index (χ4v) is 6.84. The summed E-state index contributed by atoms with van der Waals surface area (Å²) < 4.78 is 83.5. The molecule has 1 aliphatic rings. The largest absolute Gasteiger partial charge is 0.416 e. The van der Waals surface area contributed by atoms with Crippen LogP contribution < -0.4 is 9.62 Å². The Kier molecular flexibility index (Phi) is 7.82. The van der Waals surface area contributed by atoms with Gasteiger partial charge < -0.3 is 5.32 Å². The lowest BCUT2D eigenvalue weighted by atomic mass is 9.92. The molecular formula is C28H25ClF4N2O3S. The minimum Gasteiger partial charge on any atom is -0.351 e. The van der Waals surface area contributed by atoms with Gasteiger partial charge in [-0.15, -0.1) is 0 Å². The Morgan fingerprint density at radius 2 is 1.77 bits per heavy atom. The van der Waals surface area contributed by atoms with E-state index in [4.69, 9.17) is 11.6 Å². The van der Waals surface area contributed by atoms with E-state index >= 15 is 0 Å². The van der Waals surface area contributed by atoms with E-state index in [0.29, 0.717) is 29.2 Å². The zero-order chi connectivity index (χ0) is 28.7. The molecule has 1 N–H and O–H groups in total. The van der Waals surface area contributed by atoms with Crippen molar-refractivity contribution in [2.45, 2.75) is 50.3 Å².